The minimum atomic E-state index is 0.245. The number of aryl methyl sites for hydroxylation is 1. The van der Waals surface area contributed by atoms with E-state index in [1.165, 1.54) is 43.5 Å². The van der Waals surface area contributed by atoms with Crippen LogP contribution in [0.2, 0.25) is 0 Å². The Balaban J connectivity index is 1.86. The van der Waals surface area contributed by atoms with Crippen LogP contribution in [0.5, 0.6) is 0 Å². The monoisotopic (exact) mass is 272 g/mol. The molecule has 1 aromatic carbocycles. The van der Waals surface area contributed by atoms with Crippen LogP contribution >= 0.6 is 0 Å². The van der Waals surface area contributed by atoms with E-state index < -0.39 is 0 Å². The molecule has 2 heteroatoms. The third-order valence-electron chi connectivity index (χ3n) is 5.53. The average molecular weight is 272 g/mol. The maximum Gasteiger partial charge on any atom is 0.0501 e. The van der Waals surface area contributed by atoms with E-state index in [0.29, 0.717) is 6.04 Å². The zero-order valence-electron chi connectivity index (χ0n) is 12.9. The van der Waals surface area contributed by atoms with Gasteiger partial charge in [-0.3, -0.25) is 4.90 Å². The lowest BCUT2D eigenvalue weighted by atomic mass is 9.93. The summed E-state index contributed by atoms with van der Waals surface area (Å²) in [5, 5.41) is 0. The molecule has 20 heavy (non-hydrogen) atoms. The standard InChI is InChI=1S/C18H28N2/c1-3-17(19)18(16-10-5-4-7-13(16)2)20-11-14-8-6-9-15(14)12-20/h4-5,7,10,14-15,17-18H,3,6,8-9,11-12,19H2,1-2H3. The highest BCUT2D eigenvalue weighted by Gasteiger charge is 2.40. The molecule has 1 saturated carbocycles. The number of benzene rings is 1. The van der Waals surface area contributed by atoms with E-state index in [0.717, 1.165) is 18.3 Å². The molecule has 0 aromatic heterocycles. The Hall–Kier alpha value is -0.860. The number of nitrogens with zero attached hydrogens (tertiary/aromatic N) is 1. The van der Waals surface area contributed by atoms with Gasteiger partial charge in [0.25, 0.3) is 0 Å². The highest BCUT2D eigenvalue weighted by atomic mass is 15.2. The van der Waals surface area contributed by atoms with E-state index in [2.05, 4.69) is 43.0 Å². The van der Waals surface area contributed by atoms with Crippen LogP contribution in [0.15, 0.2) is 24.3 Å². The Bertz CT molecular complexity index is 444. The zero-order valence-corrected chi connectivity index (χ0v) is 12.9. The predicted molar refractivity (Wildman–Crippen MR) is 84.6 cm³/mol. The van der Waals surface area contributed by atoms with Crippen LogP contribution < -0.4 is 5.73 Å². The van der Waals surface area contributed by atoms with Gasteiger partial charge in [-0.25, -0.2) is 0 Å². The van der Waals surface area contributed by atoms with Gasteiger partial charge >= 0.3 is 0 Å². The molecule has 1 aromatic rings. The molecule has 2 N–H and O–H groups in total. The van der Waals surface area contributed by atoms with Gasteiger partial charge in [0.1, 0.15) is 0 Å². The Morgan fingerprint density at radius 3 is 2.45 bits per heavy atom. The summed E-state index contributed by atoms with van der Waals surface area (Å²) in [4.78, 5) is 2.69. The largest absolute Gasteiger partial charge is 0.326 e. The smallest absolute Gasteiger partial charge is 0.0501 e. The number of nitrogens with two attached hydrogens (primary N) is 1. The first-order valence-electron chi connectivity index (χ1n) is 8.26. The molecule has 110 valence electrons. The van der Waals surface area contributed by atoms with Gasteiger partial charge in [0.05, 0.1) is 6.04 Å². The molecule has 0 spiro atoms. The van der Waals surface area contributed by atoms with Gasteiger partial charge in [0, 0.05) is 19.1 Å². The minimum absolute atomic E-state index is 0.245. The number of fused-ring (bicyclic) bond motifs is 1. The van der Waals surface area contributed by atoms with E-state index in [1.807, 2.05) is 0 Å². The second-order valence-electron chi connectivity index (χ2n) is 6.78. The summed E-state index contributed by atoms with van der Waals surface area (Å²) in [6.07, 6.45) is 5.36. The van der Waals surface area contributed by atoms with Crippen LogP contribution in [0.25, 0.3) is 0 Å². The van der Waals surface area contributed by atoms with Crippen molar-refractivity contribution in [2.24, 2.45) is 17.6 Å². The SMILES string of the molecule is CCC(N)C(c1ccccc1C)N1CC2CCCC2C1. The first-order chi connectivity index (χ1) is 9.70. The van der Waals surface area contributed by atoms with Gasteiger partial charge in [-0.15, -0.1) is 0 Å². The number of rotatable bonds is 4. The maximum atomic E-state index is 6.51. The molecule has 1 aliphatic carbocycles. The number of likely N-dealkylation sites (tertiary alicyclic amines) is 1. The molecule has 2 aliphatic rings. The first kappa shape index (κ1) is 14.1. The van der Waals surface area contributed by atoms with Crippen LogP contribution in [0, 0.1) is 18.8 Å². The third kappa shape index (κ3) is 2.51. The van der Waals surface area contributed by atoms with Crippen molar-refractivity contribution < 1.29 is 0 Å². The lowest BCUT2D eigenvalue weighted by molar-refractivity contribution is 0.193. The number of hydrogen-bond donors (Lipinski definition) is 1. The lowest BCUT2D eigenvalue weighted by Gasteiger charge is -2.34. The van der Waals surface area contributed by atoms with Crippen LogP contribution in [0.4, 0.5) is 0 Å². The molecule has 0 radical (unpaired) electrons. The summed E-state index contributed by atoms with van der Waals surface area (Å²) in [6, 6.07) is 9.45. The van der Waals surface area contributed by atoms with E-state index in [1.54, 1.807) is 0 Å². The molecular weight excluding hydrogens is 244 g/mol. The van der Waals surface area contributed by atoms with E-state index >= 15 is 0 Å². The second-order valence-corrected chi connectivity index (χ2v) is 6.78. The highest BCUT2D eigenvalue weighted by molar-refractivity contribution is 5.30. The summed E-state index contributed by atoms with van der Waals surface area (Å²) >= 11 is 0. The molecular formula is C18H28N2. The normalized spacial score (nSPS) is 29.4. The molecule has 2 fully saturated rings. The van der Waals surface area contributed by atoms with Crippen molar-refractivity contribution in [2.45, 2.75) is 51.6 Å². The fourth-order valence-electron chi connectivity index (χ4n) is 4.34. The molecule has 1 aliphatic heterocycles. The Morgan fingerprint density at radius 1 is 1.20 bits per heavy atom. The second kappa shape index (κ2) is 5.87. The van der Waals surface area contributed by atoms with Crippen LogP contribution in [-0.4, -0.2) is 24.0 Å². The fourth-order valence-corrected chi connectivity index (χ4v) is 4.34. The summed E-state index contributed by atoms with van der Waals surface area (Å²) < 4.78 is 0. The van der Waals surface area contributed by atoms with Crippen molar-refractivity contribution in [1.29, 1.82) is 0 Å². The van der Waals surface area contributed by atoms with Crippen molar-refractivity contribution in [1.82, 2.24) is 4.90 Å². The van der Waals surface area contributed by atoms with Crippen molar-refractivity contribution >= 4 is 0 Å². The van der Waals surface area contributed by atoms with Crippen molar-refractivity contribution in [3.8, 4) is 0 Å². The van der Waals surface area contributed by atoms with Crippen molar-refractivity contribution in [2.75, 3.05) is 13.1 Å². The predicted octanol–water partition coefficient (Wildman–Crippen LogP) is 3.51. The third-order valence-corrected chi connectivity index (χ3v) is 5.53. The van der Waals surface area contributed by atoms with E-state index in [9.17, 15) is 0 Å². The molecule has 3 rings (SSSR count). The Labute approximate surface area is 123 Å². The van der Waals surface area contributed by atoms with Gasteiger partial charge in [0.15, 0.2) is 0 Å². The van der Waals surface area contributed by atoms with Crippen LogP contribution in [0.1, 0.15) is 49.8 Å². The molecule has 0 amide bonds. The van der Waals surface area contributed by atoms with Gasteiger partial charge in [-0.1, -0.05) is 37.6 Å². The Morgan fingerprint density at radius 2 is 1.85 bits per heavy atom. The summed E-state index contributed by atoms with van der Waals surface area (Å²) in [7, 11) is 0. The van der Waals surface area contributed by atoms with Crippen molar-refractivity contribution in [3.63, 3.8) is 0 Å². The fraction of sp³-hybridized carbons (Fsp3) is 0.667. The molecule has 0 bridgehead atoms. The summed E-state index contributed by atoms with van der Waals surface area (Å²) in [5.74, 6) is 1.87. The average Bonchev–Trinajstić information content (AvgIpc) is 3.02. The molecule has 4 unspecified atom stereocenters. The quantitative estimate of drug-likeness (QED) is 0.909. The topological polar surface area (TPSA) is 29.3 Å². The van der Waals surface area contributed by atoms with Gasteiger partial charge in [-0.2, -0.15) is 0 Å². The Kier molecular flexibility index (Phi) is 4.13. The van der Waals surface area contributed by atoms with E-state index in [4.69, 9.17) is 5.73 Å². The van der Waals surface area contributed by atoms with Gasteiger partial charge in [0.2, 0.25) is 0 Å². The minimum Gasteiger partial charge on any atom is -0.326 e. The summed E-state index contributed by atoms with van der Waals surface area (Å²) in [5.41, 5.74) is 9.34. The first-order valence-corrected chi connectivity index (χ1v) is 8.26. The summed E-state index contributed by atoms with van der Waals surface area (Å²) in [6.45, 7) is 6.96. The molecule has 2 nitrogen and oxygen atoms in total. The van der Waals surface area contributed by atoms with E-state index in [-0.39, 0.29) is 6.04 Å². The lowest BCUT2D eigenvalue weighted by Crippen LogP contribution is -2.40. The maximum absolute atomic E-state index is 6.51. The van der Waals surface area contributed by atoms with Gasteiger partial charge < -0.3 is 5.73 Å². The molecule has 1 heterocycles. The van der Waals surface area contributed by atoms with Crippen LogP contribution in [0.3, 0.4) is 0 Å². The number of hydrogen-bond acceptors (Lipinski definition) is 2. The van der Waals surface area contributed by atoms with Gasteiger partial charge in [-0.05, 0) is 49.1 Å². The molecule has 4 atom stereocenters. The zero-order chi connectivity index (χ0) is 14.1. The molecule has 1 saturated heterocycles. The van der Waals surface area contributed by atoms with Crippen molar-refractivity contribution in [3.05, 3.63) is 35.4 Å². The highest BCUT2D eigenvalue weighted by Crippen LogP contribution is 2.42. The van der Waals surface area contributed by atoms with Crippen LogP contribution in [-0.2, 0) is 0 Å².